The van der Waals surface area contributed by atoms with E-state index in [1.54, 1.807) is 17.2 Å². The van der Waals surface area contributed by atoms with E-state index in [1.807, 2.05) is 37.3 Å². The van der Waals surface area contributed by atoms with E-state index in [0.717, 1.165) is 11.1 Å². The summed E-state index contributed by atoms with van der Waals surface area (Å²) in [7, 11) is 0. The lowest BCUT2D eigenvalue weighted by molar-refractivity contribution is -0.131. The van der Waals surface area contributed by atoms with Crippen molar-refractivity contribution in [1.29, 1.82) is 0 Å². The first-order valence-electron chi connectivity index (χ1n) is 8.23. The zero-order valence-corrected chi connectivity index (χ0v) is 14.1. The Morgan fingerprint density at radius 2 is 2.00 bits per heavy atom. The smallest absolute Gasteiger partial charge is 0.255 e. The zero-order valence-electron chi connectivity index (χ0n) is 14.1. The van der Waals surface area contributed by atoms with Gasteiger partial charge in [-0.15, -0.1) is 0 Å². The average molecular weight is 339 g/mol. The van der Waals surface area contributed by atoms with Crippen LogP contribution in [0.5, 0.6) is 0 Å². The summed E-state index contributed by atoms with van der Waals surface area (Å²) in [5.41, 5.74) is 2.29. The summed E-state index contributed by atoms with van der Waals surface area (Å²) in [6.45, 7) is 2.57. The number of rotatable bonds is 3. The molecule has 0 aliphatic carbocycles. The summed E-state index contributed by atoms with van der Waals surface area (Å²) in [6, 6.07) is 11.3. The van der Waals surface area contributed by atoms with Crippen molar-refractivity contribution in [3.05, 3.63) is 65.5 Å². The highest BCUT2D eigenvalue weighted by Gasteiger charge is 2.30. The van der Waals surface area contributed by atoms with Gasteiger partial charge in [-0.3, -0.25) is 14.6 Å². The van der Waals surface area contributed by atoms with Gasteiger partial charge in [0.25, 0.3) is 5.91 Å². The lowest BCUT2D eigenvalue weighted by Crippen LogP contribution is -2.39. The number of aromatic nitrogens is 1. The minimum absolute atomic E-state index is 0.0450. The van der Waals surface area contributed by atoms with Crippen LogP contribution >= 0.6 is 0 Å². The van der Waals surface area contributed by atoms with Gasteiger partial charge in [0.1, 0.15) is 6.54 Å². The number of nitrogens with zero attached hydrogens (tertiary/aromatic N) is 3. The third-order valence-corrected chi connectivity index (χ3v) is 4.17. The van der Waals surface area contributed by atoms with Crippen molar-refractivity contribution >= 4 is 11.8 Å². The molecule has 25 heavy (non-hydrogen) atoms. The van der Waals surface area contributed by atoms with Crippen molar-refractivity contribution < 1.29 is 14.7 Å². The Balaban J connectivity index is 1.74. The van der Waals surface area contributed by atoms with Gasteiger partial charge in [-0.1, -0.05) is 30.3 Å². The number of aliphatic hydroxyl groups excluding tert-OH is 1. The van der Waals surface area contributed by atoms with Crippen LogP contribution in [0.2, 0.25) is 0 Å². The second-order valence-corrected chi connectivity index (χ2v) is 6.35. The Hall–Kier alpha value is -2.73. The standard InChI is InChI=1S/C19H21N3O3/c1-14-7-16(9-20-8-14)19(25)22-12-17(23)11-21(18(24)13-22)10-15-5-3-2-4-6-15/h2-9,17,23H,10-13H2,1H3. The van der Waals surface area contributed by atoms with Crippen LogP contribution in [0.3, 0.4) is 0 Å². The van der Waals surface area contributed by atoms with Crippen molar-refractivity contribution in [3.63, 3.8) is 0 Å². The topological polar surface area (TPSA) is 73.7 Å². The van der Waals surface area contributed by atoms with Crippen LogP contribution in [-0.2, 0) is 11.3 Å². The highest BCUT2D eigenvalue weighted by atomic mass is 16.3. The minimum atomic E-state index is -0.781. The third kappa shape index (κ3) is 4.22. The number of hydrogen-bond acceptors (Lipinski definition) is 4. The largest absolute Gasteiger partial charge is 0.389 e. The fraction of sp³-hybridized carbons (Fsp3) is 0.316. The van der Waals surface area contributed by atoms with E-state index in [0.29, 0.717) is 12.1 Å². The van der Waals surface area contributed by atoms with Crippen LogP contribution in [0, 0.1) is 6.92 Å². The maximum atomic E-state index is 12.7. The molecule has 1 aliphatic heterocycles. The Morgan fingerprint density at radius 1 is 1.24 bits per heavy atom. The normalized spacial score (nSPS) is 18.2. The quantitative estimate of drug-likeness (QED) is 0.913. The average Bonchev–Trinajstić information content (AvgIpc) is 2.74. The molecule has 0 saturated carbocycles. The molecule has 2 heterocycles. The number of carbonyl (C=O) groups excluding carboxylic acids is 2. The van der Waals surface area contributed by atoms with Crippen molar-refractivity contribution in [2.75, 3.05) is 19.6 Å². The third-order valence-electron chi connectivity index (χ3n) is 4.17. The molecule has 1 fully saturated rings. The lowest BCUT2D eigenvalue weighted by Gasteiger charge is -2.22. The number of β-amino-alcohol motifs (C(OH)–C–C–N with tert-alkyl or cyclic N) is 1. The number of aliphatic hydroxyl groups is 1. The molecule has 1 atom stereocenters. The highest BCUT2D eigenvalue weighted by Crippen LogP contribution is 2.13. The molecule has 3 rings (SSSR count). The van der Waals surface area contributed by atoms with Gasteiger partial charge < -0.3 is 14.9 Å². The first kappa shape index (κ1) is 17.1. The summed E-state index contributed by atoms with van der Waals surface area (Å²) < 4.78 is 0. The Morgan fingerprint density at radius 3 is 2.72 bits per heavy atom. The SMILES string of the molecule is Cc1cncc(C(=O)N2CC(=O)N(Cc3ccccc3)CC(O)C2)c1. The van der Waals surface area contributed by atoms with Gasteiger partial charge in [0.2, 0.25) is 5.91 Å². The predicted molar refractivity (Wildman–Crippen MR) is 92.7 cm³/mol. The van der Waals surface area contributed by atoms with Crippen LogP contribution in [-0.4, -0.2) is 57.4 Å². The van der Waals surface area contributed by atoms with E-state index in [1.165, 1.54) is 11.1 Å². The molecule has 0 radical (unpaired) electrons. The molecular weight excluding hydrogens is 318 g/mol. The Kier molecular flexibility index (Phi) is 5.09. The second kappa shape index (κ2) is 7.44. The first-order valence-corrected chi connectivity index (χ1v) is 8.23. The molecule has 6 nitrogen and oxygen atoms in total. The van der Waals surface area contributed by atoms with Gasteiger partial charge in [0.05, 0.1) is 11.7 Å². The molecular formula is C19H21N3O3. The fourth-order valence-electron chi connectivity index (χ4n) is 2.96. The van der Waals surface area contributed by atoms with Crippen LogP contribution in [0.15, 0.2) is 48.8 Å². The molecule has 2 amide bonds. The Labute approximate surface area is 146 Å². The van der Waals surface area contributed by atoms with Crippen molar-refractivity contribution in [2.24, 2.45) is 0 Å². The van der Waals surface area contributed by atoms with Crippen LogP contribution in [0.25, 0.3) is 0 Å². The monoisotopic (exact) mass is 339 g/mol. The molecule has 6 heteroatoms. The number of carbonyl (C=O) groups is 2. The minimum Gasteiger partial charge on any atom is -0.389 e. The van der Waals surface area contributed by atoms with E-state index in [9.17, 15) is 14.7 Å². The van der Waals surface area contributed by atoms with E-state index in [4.69, 9.17) is 0 Å². The zero-order chi connectivity index (χ0) is 17.8. The summed E-state index contributed by atoms with van der Waals surface area (Å²) in [4.78, 5) is 32.3. The molecule has 1 unspecified atom stereocenters. The molecule has 1 N–H and O–H groups in total. The molecule has 130 valence electrons. The number of amides is 2. The van der Waals surface area contributed by atoms with Gasteiger partial charge >= 0.3 is 0 Å². The number of aryl methyl sites for hydroxylation is 1. The van der Waals surface area contributed by atoms with Gasteiger partial charge in [0.15, 0.2) is 0 Å². The van der Waals surface area contributed by atoms with E-state index < -0.39 is 6.10 Å². The van der Waals surface area contributed by atoms with Gasteiger partial charge in [-0.2, -0.15) is 0 Å². The summed E-state index contributed by atoms with van der Waals surface area (Å²) in [5.74, 6) is -0.459. The van der Waals surface area contributed by atoms with Crippen LogP contribution in [0.1, 0.15) is 21.5 Å². The predicted octanol–water partition coefficient (Wildman–Crippen LogP) is 1.24. The Bertz CT molecular complexity index is 764. The van der Waals surface area contributed by atoms with Crippen LogP contribution < -0.4 is 0 Å². The van der Waals surface area contributed by atoms with Crippen molar-refractivity contribution in [3.8, 4) is 0 Å². The lowest BCUT2D eigenvalue weighted by atomic mass is 10.2. The first-order chi connectivity index (χ1) is 12.0. The van der Waals surface area contributed by atoms with Crippen molar-refractivity contribution in [2.45, 2.75) is 19.6 Å². The molecule has 0 spiro atoms. The maximum Gasteiger partial charge on any atom is 0.255 e. The molecule has 1 aromatic carbocycles. The van der Waals surface area contributed by atoms with Gasteiger partial charge in [-0.25, -0.2) is 0 Å². The fourth-order valence-corrected chi connectivity index (χ4v) is 2.96. The molecule has 1 aliphatic rings. The summed E-state index contributed by atoms with van der Waals surface area (Å²) in [5, 5.41) is 10.3. The number of hydrogen-bond donors (Lipinski definition) is 1. The summed E-state index contributed by atoms with van der Waals surface area (Å²) >= 11 is 0. The number of benzene rings is 1. The van der Waals surface area contributed by atoms with E-state index >= 15 is 0 Å². The second-order valence-electron chi connectivity index (χ2n) is 6.35. The van der Waals surface area contributed by atoms with E-state index in [-0.39, 0.29) is 31.4 Å². The highest BCUT2D eigenvalue weighted by molar-refractivity contribution is 5.96. The molecule has 0 bridgehead atoms. The van der Waals surface area contributed by atoms with Crippen molar-refractivity contribution in [1.82, 2.24) is 14.8 Å². The maximum absolute atomic E-state index is 12.7. The summed E-state index contributed by atoms with van der Waals surface area (Å²) in [6.07, 6.45) is 2.37. The van der Waals surface area contributed by atoms with Crippen LogP contribution in [0.4, 0.5) is 0 Å². The van der Waals surface area contributed by atoms with Gasteiger partial charge in [-0.05, 0) is 24.1 Å². The molecule has 2 aromatic rings. The van der Waals surface area contributed by atoms with E-state index in [2.05, 4.69) is 4.98 Å². The molecule has 1 saturated heterocycles. The van der Waals surface area contributed by atoms with Gasteiger partial charge in [0, 0.05) is 32.0 Å². The number of pyridine rings is 1. The molecule has 1 aromatic heterocycles.